The summed E-state index contributed by atoms with van der Waals surface area (Å²) in [4.78, 5) is 10.6. The molecule has 2 saturated heterocycles. The molecule has 2 heterocycles. The van der Waals surface area contributed by atoms with Crippen LogP contribution in [-0.4, -0.2) is 23.9 Å². The van der Waals surface area contributed by atoms with E-state index in [0.29, 0.717) is 6.04 Å². The largest absolute Gasteiger partial charge is 0.332 e. The van der Waals surface area contributed by atoms with Gasteiger partial charge < -0.3 is 10.6 Å². The number of amides is 2. The smallest absolute Gasteiger partial charge is 0.315 e. The van der Waals surface area contributed by atoms with Crippen LogP contribution in [0.1, 0.15) is 0 Å². The highest BCUT2D eigenvalue weighted by Crippen LogP contribution is 2.25. The summed E-state index contributed by atoms with van der Waals surface area (Å²) in [6.07, 6.45) is 0. The van der Waals surface area contributed by atoms with Crippen molar-refractivity contribution in [2.24, 2.45) is 0 Å². The van der Waals surface area contributed by atoms with Crippen molar-refractivity contribution in [2.45, 2.75) is 12.1 Å². The lowest BCUT2D eigenvalue weighted by molar-refractivity contribution is 0.247. The van der Waals surface area contributed by atoms with Gasteiger partial charge in [-0.15, -0.1) is 0 Å². The molecule has 0 unspecified atom stereocenters. The van der Waals surface area contributed by atoms with Crippen LogP contribution in [0.3, 0.4) is 0 Å². The zero-order valence-electron chi connectivity index (χ0n) is 4.76. The van der Waals surface area contributed by atoms with Crippen LogP contribution in [0.15, 0.2) is 0 Å². The minimum atomic E-state index is -0.0263. The molecule has 1 radical (unpaired) electrons. The molecule has 2 fully saturated rings. The third kappa shape index (κ3) is 0.775. The van der Waals surface area contributed by atoms with Gasteiger partial charge in [-0.05, 0) is 0 Å². The van der Waals surface area contributed by atoms with E-state index >= 15 is 0 Å². The molecule has 2 aliphatic heterocycles. The normalized spacial score (nSPS) is 39.8. The van der Waals surface area contributed by atoms with E-state index in [1.807, 2.05) is 0 Å². The first kappa shape index (κ1) is 5.41. The average Bonchev–Trinajstić information content (AvgIpc) is 2.22. The monoisotopic (exact) mass is 143 g/mol. The molecule has 0 aromatic heterocycles. The highest BCUT2D eigenvalue weighted by atomic mass is 32.2. The fourth-order valence-corrected chi connectivity index (χ4v) is 2.16. The van der Waals surface area contributed by atoms with Gasteiger partial charge in [0.2, 0.25) is 0 Å². The van der Waals surface area contributed by atoms with Crippen LogP contribution in [0.4, 0.5) is 4.79 Å². The number of hydrogen-bond donors (Lipinski definition) is 2. The van der Waals surface area contributed by atoms with Crippen molar-refractivity contribution in [3.05, 3.63) is 5.75 Å². The van der Waals surface area contributed by atoms with Gasteiger partial charge in [-0.2, -0.15) is 11.8 Å². The molecule has 0 aromatic rings. The second kappa shape index (κ2) is 1.80. The first-order valence-corrected chi connectivity index (χ1v) is 3.93. The van der Waals surface area contributed by atoms with E-state index < -0.39 is 0 Å². The van der Waals surface area contributed by atoms with Gasteiger partial charge >= 0.3 is 6.03 Å². The van der Waals surface area contributed by atoms with Crippen LogP contribution in [0.2, 0.25) is 0 Å². The summed E-state index contributed by atoms with van der Waals surface area (Å²) in [5, 5.41) is 5.60. The van der Waals surface area contributed by atoms with E-state index in [0.717, 1.165) is 5.75 Å². The second-order valence-electron chi connectivity index (χ2n) is 2.22. The van der Waals surface area contributed by atoms with Gasteiger partial charge in [-0.25, -0.2) is 4.79 Å². The summed E-state index contributed by atoms with van der Waals surface area (Å²) in [5.41, 5.74) is 0. The predicted molar refractivity (Wildman–Crippen MR) is 36.0 cm³/mol. The lowest BCUT2D eigenvalue weighted by Crippen LogP contribution is -2.29. The third-order valence-corrected chi connectivity index (χ3v) is 2.60. The Balaban J connectivity index is 2.09. The SMILES string of the molecule is O=C1N[C@H]2CS[CH][C@H]2N1. The number of nitrogens with one attached hydrogen (secondary N) is 2. The molecule has 3 nitrogen and oxygen atoms in total. The van der Waals surface area contributed by atoms with Crippen molar-refractivity contribution in [3.63, 3.8) is 0 Å². The van der Waals surface area contributed by atoms with E-state index in [4.69, 9.17) is 0 Å². The number of thioether (sulfide) groups is 1. The minimum Gasteiger partial charge on any atom is -0.332 e. The maximum atomic E-state index is 10.6. The van der Waals surface area contributed by atoms with E-state index in [1.165, 1.54) is 0 Å². The van der Waals surface area contributed by atoms with Gasteiger partial charge in [0.1, 0.15) is 0 Å². The van der Waals surface area contributed by atoms with Crippen molar-refractivity contribution in [1.82, 2.24) is 10.6 Å². The number of carbonyl (C=O) groups is 1. The third-order valence-electron chi connectivity index (χ3n) is 1.57. The number of rotatable bonds is 0. The van der Waals surface area contributed by atoms with Crippen LogP contribution >= 0.6 is 11.8 Å². The van der Waals surface area contributed by atoms with Crippen LogP contribution in [0, 0.1) is 5.75 Å². The molecule has 2 rings (SSSR count). The summed E-state index contributed by atoms with van der Waals surface area (Å²) >= 11 is 1.77. The number of urea groups is 1. The summed E-state index contributed by atoms with van der Waals surface area (Å²) in [7, 11) is 0. The number of hydrogen-bond acceptors (Lipinski definition) is 2. The highest BCUT2D eigenvalue weighted by Gasteiger charge is 2.35. The maximum Gasteiger partial charge on any atom is 0.315 e. The maximum absolute atomic E-state index is 10.6. The molecule has 2 atom stereocenters. The first-order chi connectivity index (χ1) is 4.36. The Kier molecular flexibility index (Phi) is 1.08. The molecule has 49 valence electrons. The van der Waals surface area contributed by atoms with Gasteiger partial charge in [-0.1, -0.05) is 0 Å². The second-order valence-corrected chi connectivity index (χ2v) is 3.16. The molecule has 2 amide bonds. The molecular formula is C5H7N2OS. The fourth-order valence-electron chi connectivity index (χ4n) is 1.09. The molecule has 0 spiro atoms. The van der Waals surface area contributed by atoms with Gasteiger partial charge in [0, 0.05) is 11.5 Å². The van der Waals surface area contributed by atoms with Crippen molar-refractivity contribution in [2.75, 3.05) is 5.75 Å². The quantitative estimate of drug-likeness (QED) is 0.467. The summed E-state index contributed by atoms with van der Waals surface area (Å²) < 4.78 is 0. The van der Waals surface area contributed by atoms with Crippen LogP contribution in [-0.2, 0) is 0 Å². The van der Waals surface area contributed by atoms with Crippen LogP contribution in [0.25, 0.3) is 0 Å². The fraction of sp³-hybridized carbons (Fsp3) is 0.600. The minimum absolute atomic E-state index is 0.0263. The Morgan fingerprint density at radius 1 is 1.67 bits per heavy atom. The highest BCUT2D eigenvalue weighted by molar-refractivity contribution is 8.01. The van der Waals surface area contributed by atoms with Gasteiger partial charge in [0.25, 0.3) is 0 Å². The summed E-state index contributed by atoms with van der Waals surface area (Å²) in [6, 6.07) is 0.603. The van der Waals surface area contributed by atoms with Crippen molar-refractivity contribution >= 4 is 17.8 Å². The Hall–Kier alpha value is -0.380. The molecule has 9 heavy (non-hydrogen) atoms. The van der Waals surface area contributed by atoms with Gasteiger partial charge in [-0.3, -0.25) is 0 Å². The Morgan fingerprint density at radius 3 is 3.33 bits per heavy atom. The lowest BCUT2D eigenvalue weighted by atomic mass is 10.2. The van der Waals surface area contributed by atoms with E-state index in [-0.39, 0.29) is 12.1 Å². The Labute approximate surface area is 57.6 Å². The molecule has 0 aliphatic carbocycles. The van der Waals surface area contributed by atoms with Crippen molar-refractivity contribution in [1.29, 1.82) is 0 Å². The molecule has 0 saturated carbocycles. The zero-order chi connectivity index (χ0) is 6.27. The van der Waals surface area contributed by atoms with Crippen LogP contribution in [0.5, 0.6) is 0 Å². The molecule has 4 heteroatoms. The Bertz CT molecular complexity index is 136. The predicted octanol–water partition coefficient (Wildman–Crippen LogP) is -0.0550. The van der Waals surface area contributed by atoms with E-state index in [9.17, 15) is 4.79 Å². The summed E-state index contributed by atoms with van der Waals surface area (Å²) in [6.45, 7) is 0. The molecule has 0 aromatic carbocycles. The molecule has 2 aliphatic rings. The first-order valence-electron chi connectivity index (χ1n) is 2.88. The van der Waals surface area contributed by atoms with Crippen LogP contribution < -0.4 is 10.6 Å². The van der Waals surface area contributed by atoms with Crippen molar-refractivity contribution in [3.8, 4) is 0 Å². The van der Waals surface area contributed by atoms with E-state index in [1.54, 1.807) is 11.8 Å². The molecular weight excluding hydrogens is 136 g/mol. The Morgan fingerprint density at radius 2 is 2.56 bits per heavy atom. The average molecular weight is 143 g/mol. The lowest BCUT2D eigenvalue weighted by Gasteiger charge is -2.02. The number of carbonyl (C=O) groups excluding carboxylic acids is 1. The van der Waals surface area contributed by atoms with Gasteiger partial charge in [0.15, 0.2) is 0 Å². The molecule has 0 bridgehead atoms. The topological polar surface area (TPSA) is 41.1 Å². The zero-order valence-corrected chi connectivity index (χ0v) is 5.57. The van der Waals surface area contributed by atoms with Gasteiger partial charge in [0.05, 0.1) is 12.1 Å². The number of fused-ring (bicyclic) bond motifs is 1. The van der Waals surface area contributed by atoms with Crippen molar-refractivity contribution < 1.29 is 4.79 Å². The molecule has 2 N–H and O–H groups in total. The summed E-state index contributed by atoms with van der Waals surface area (Å²) in [5.74, 6) is 3.09. The van der Waals surface area contributed by atoms with E-state index in [2.05, 4.69) is 16.4 Å². The standard InChI is InChI=1S/C5H7N2OS/c8-5-6-3-1-9-2-4(3)7-5/h1,3-4H,2H2,(H2,6,7,8)/t3-,4+/m1/s1.